The largest absolute Gasteiger partial charge is 0.492 e. The molecule has 0 saturated heterocycles. The van der Waals surface area contributed by atoms with Crippen LogP contribution in [-0.2, 0) is 6.61 Å². The van der Waals surface area contributed by atoms with Crippen molar-refractivity contribution in [2.75, 3.05) is 11.9 Å². The molecule has 0 saturated carbocycles. The van der Waals surface area contributed by atoms with Crippen molar-refractivity contribution in [2.45, 2.75) is 13.5 Å². The van der Waals surface area contributed by atoms with E-state index < -0.39 is 5.91 Å². The van der Waals surface area contributed by atoms with E-state index in [0.717, 1.165) is 5.56 Å². The average Bonchev–Trinajstić information content (AvgIpc) is 3.25. The predicted molar refractivity (Wildman–Crippen MR) is 120 cm³/mol. The number of hydrogen-bond acceptors (Lipinski definition) is 4. The first-order chi connectivity index (χ1) is 16.0. The topological polar surface area (TPSA) is 65.4 Å². The van der Waals surface area contributed by atoms with Crippen LogP contribution in [0, 0.1) is 11.6 Å². The van der Waals surface area contributed by atoms with Crippen molar-refractivity contribution < 1.29 is 23.0 Å². The Balaban J connectivity index is 1.63. The van der Waals surface area contributed by atoms with Gasteiger partial charge in [0.2, 0.25) is 0 Å². The normalized spacial score (nSPS) is 10.6. The van der Waals surface area contributed by atoms with Crippen molar-refractivity contribution in [1.82, 2.24) is 9.78 Å². The number of carbonyl (C=O) groups is 1. The molecule has 3 aromatic carbocycles. The summed E-state index contributed by atoms with van der Waals surface area (Å²) in [5.74, 6) is -0.493. The van der Waals surface area contributed by atoms with Gasteiger partial charge in [-0.15, -0.1) is 0 Å². The molecule has 6 nitrogen and oxygen atoms in total. The van der Waals surface area contributed by atoms with Gasteiger partial charge in [-0.25, -0.2) is 13.5 Å². The molecule has 0 radical (unpaired) electrons. The quantitative estimate of drug-likeness (QED) is 0.392. The molecule has 0 fully saturated rings. The molecule has 0 spiro atoms. The Morgan fingerprint density at radius 1 is 0.909 bits per heavy atom. The van der Waals surface area contributed by atoms with Crippen LogP contribution in [0.15, 0.2) is 79.0 Å². The summed E-state index contributed by atoms with van der Waals surface area (Å²) in [4.78, 5) is 13.1. The molecule has 4 aromatic rings. The van der Waals surface area contributed by atoms with Crippen LogP contribution in [0.3, 0.4) is 0 Å². The summed E-state index contributed by atoms with van der Waals surface area (Å²) >= 11 is 0. The maximum Gasteiger partial charge on any atom is 0.280 e. The second-order valence-corrected chi connectivity index (χ2v) is 7.06. The fourth-order valence-corrected chi connectivity index (χ4v) is 3.12. The fourth-order valence-electron chi connectivity index (χ4n) is 3.12. The van der Waals surface area contributed by atoms with Gasteiger partial charge in [0.15, 0.2) is 11.4 Å². The molecule has 8 heteroatoms. The van der Waals surface area contributed by atoms with Crippen LogP contribution in [0.2, 0.25) is 0 Å². The fraction of sp³-hybridized carbons (Fsp3) is 0.120. The van der Waals surface area contributed by atoms with Crippen LogP contribution in [0.1, 0.15) is 23.0 Å². The highest BCUT2D eigenvalue weighted by Gasteiger charge is 2.21. The first-order valence-electron chi connectivity index (χ1n) is 10.3. The standard InChI is InChI=1S/C25H21F2N3O3/c1-2-32-22-6-4-3-5-21(22)28-25(31)24-23(33-16-17-7-9-18(26)10-8-17)15-30(29-24)20-13-11-19(27)12-14-20/h3-15H,2,16H2,1H3,(H,28,31). The van der Waals surface area contributed by atoms with Crippen LogP contribution in [-0.4, -0.2) is 22.3 Å². The highest BCUT2D eigenvalue weighted by molar-refractivity contribution is 6.05. The molecule has 0 aliphatic heterocycles. The molecule has 0 aliphatic rings. The van der Waals surface area contributed by atoms with Crippen LogP contribution in [0.25, 0.3) is 5.69 Å². The SMILES string of the molecule is CCOc1ccccc1NC(=O)c1nn(-c2ccc(F)cc2)cc1OCc1ccc(F)cc1. The first kappa shape index (κ1) is 22.0. The Labute approximate surface area is 189 Å². The molecular weight excluding hydrogens is 428 g/mol. The van der Waals surface area contributed by atoms with Gasteiger partial charge in [0.25, 0.3) is 5.91 Å². The summed E-state index contributed by atoms with van der Waals surface area (Å²) in [6.45, 7) is 2.40. The zero-order chi connectivity index (χ0) is 23.2. The van der Waals surface area contributed by atoms with Crippen molar-refractivity contribution >= 4 is 11.6 Å². The Morgan fingerprint density at radius 2 is 1.58 bits per heavy atom. The summed E-state index contributed by atoms with van der Waals surface area (Å²) in [6, 6.07) is 18.6. The Morgan fingerprint density at radius 3 is 2.27 bits per heavy atom. The lowest BCUT2D eigenvalue weighted by molar-refractivity contribution is 0.101. The van der Waals surface area contributed by atoms with E-state index >= 15 is 0 Å². The molecule has 1 amide bonds. The van der Waals surface area contributed by atoms with Gasteiger partial charge in [-0.2, -0.15) is 5.10 Å². The smallest absolute Gasteiger partial charge is 0.280 e. The van der Waals surface area contributed by atoms with Gasteiger partial charge in [-0.3, -0.25) is 4.79 Å². The van der Waals surface area contributed by atoms with Crippen LogP contribution in [0.5, 0.6) is 11.5 Å². The van der Waals surface area contributed by atoms with Crippen molar-refractivity contribution in [3.8, 4) is 17.2 Å². The third-order valence-corrected chi connectivity index (χ3v) is 4.73. The molecule has 168 valence electrons. The summed E-state index contributed by atoms with van der Waals surface area (Å²) in [5, 5.41) is 7.17. The van der Waals surface area contributed by atoms with Gasteiger partial charge in [0.1, 0.15) is 24.0 Å². The molecule has 0 unspecified atom stereocenters. The van der Waals surface area contributed by atoms with Gasteiger partial charge in [-0.1, -0.05) is 24.3 Å². The molecule has 4 rings (SSSR count). The van der Waals surface area contributed by atoms with Crippen LogP contribution in [0.4, 0.5) is 14.5 Å². The van der Waals surface area contributed by atoms with Gasteiger partial charge < -0.3 is 14.8 Å². The van der Waals surface area contributed by atoms with Crippen molar-refractivity contribution in [3.63, 3.8) is 0 Å². The van der Waals surface area contributed by atoms with Crippen molar-refractivity contribution in [2.24, 2.45) is 0 Å². The number of rotatable bonds is 8. The lowest BCUT2D eigenvalue weighted by Crippen LogP contribution is -2.15. The molecule has 1 aromatic heterocycles. The lowest BCUT2D eigenvalue weighted by atomic mass is 10.2. The third kappa shape index (κ3) is 5.35. The summed E-state index contributed by atoms with van der Waals surface area (Å²) in [5.41, 5.74) is 1.80. The molecule has 0 aliphatic carbocycles. The maximum atomic E-state index is 13.3. The molecule has 1 heterocycles. The lowest BCUT2D eigenvalue weighted by Gasteiger charge is -2.11. The molecule has 0 atom stereocenters. The zero-order valence-electron chi connectivity index (χ0n) is 17.8. The van der Waals surface area contributed by atoms with Crippen molar-refractivity contribution in [1.29, 1.82) is 0 Å². The Kier molecular flexibility index (Phi) is 6.64. The van der Waals surface area contributed by atoms with E-state index in [-0.39, 0.29) is 29.7 Å². The third-order valence-electron chi connectivity index (χ3n) is 4.73. The van der Waals surface area contributed by atoms with E-state index in [1.54, 1.807) is 42.6 Å². The van der Waals surface area contributed by atoms with Crippen LogP contribution >= 0.6 is 0 Å². The van der Waals surface area contributed by atoms with E-state index in [4.69, 9.17) is 9.47 Å². The second kappa shape index (κ2) is 9.95. The van der Waals surface area contributed by atoms with Gasteiger partial charge in [0.05, 0.1) is 24.2 Å². The number of amides is 1. The number of nitrogens with one attached hydrogen (secondary N) is 1. The maximum absolute atomic E-state index is 13.3. The number of benzene rings is 3. The molecular formula is C25H21F2N3O3. The summed E-state index contributed by atoms with van der Waals surface area (Å²) < 4.78 is 39.4. The second-order valence-electron chi connectivity index (χ2n) is 7.06. The monoisotopic (exact) mass is 449 g/mol. The highest BCUT2D eigenvalue weighted by atomic mass is 19.1. The van der Waals surface area contributed by atoms with E-state index in [0.29, 0.717) is 23.7 Å². The number of hydrogen-bond donors (Lipinski definition) is 1. The molecule has 33 heavy (non-hydrogen) atoms. The number of aromatic nitrogens is 2. The van der Waals surface area contributed by atoms with Crippen LogP contribution < -0.4 is 14.8 Å². The summed E-state index contributed by atoms with van der Waals surface area (Å²) in [6.07, 6.45) is 1.54. The van der Waals surface area contributed by atoms with Gasteiger partial charge in [-0.05, 0) is 61.0 Å². The van der Waals surface area contributed by atoms with Gasteiger partial charge >= 0.3 is 0 Å². The Hall–Kier alpha value is -4.20. The predicted octanol–water partition coefficient (Wildman–Crippen LogP) is 5.38. The number of halogens is 2. The van der Waals surface area contributed by atoms with Crippen molar-refractivity contribution in [3.05, 3.63) is 102 Å². The number of ether oxygens (including phenoxy) is 2. The number of carbonyl (C=O) groups excluding carboxylic acids is 1. The summed E-state index contributed by atoms with van der Waals surface area (Å²) in [7, 11) is 0. The highest BCUT2D eigenvalue weighted by Crippen LogP contribution is 2.27. The van der Waals surface area contributed by atoms with E-state index in [2.05, 4.69) is 10.4 Å². The van der Waals surface area contributed by atoms with Gasteiger partial charge in [0, 0.05) is 0 Å². The van der Waals surface area contributed by atoms with E-state index in [9.17, 15) is 13.6 Å². The Bertz CT molecular complexity index is 1240. The first-order valence-corrected chi connectivity index (χ1v) is 10.3. The minimum absolute atomic E-state index is 0.0349. The number of nitrogens with zero attached hydrogens (tertiary/aromatic N) is 2. The van der Waals surface area contributed by atoms with E-state index in [1.807, 2.05) is 6.92 Å². The minimum atomic E-state index is -0.503. The molecule has 1 N–H and O–H groups in total. The zero-order valence-corrected chi connectivity index (χ0v) is 17.8. The number of anilines is 1. The minimum Gasteiger partial charge on any atom is -0.492 e. The average molecular weight is 449 g/mol. The van der Waals surface area contributed by atoms with E-state index in [1.165, 1.54) is 41.1 Å². The number of para-hydroxylation sites is 2. The molecule has 0 bridgehead atoms.